The Bertz CT molecular complexity index is 424. The lowest BCUT2D eigenvalue weighted by molar-refractivity contribution is -0.144. The Balaban J connectivity index is 2.07. The van der Waals surface area contributed by atoms with Gasteiger partial charge in [-0.15, -0.1) is 11.8 Å². The van der Waals surface area contributed by atoms with E-state index >= 15 is 0 Å². The molecule has 2 atom stereocenters. The van der Waals surface area contributed by atoms with Gasteiger partial charge in [-0.2, -0.15) is 0 Å². The molecule has 0 heterocycles. The molecule has 1 aliphatic rings. The second kappa shape index (κ2) is 4.67. The zero-order valence-corrected chi connectivity index (χ0v) is 10.9. The van der Waals surface area contributed by atoms with Crippen molar-refractivity contribution in [2.24, 2.45) is 5.92 Å². The molecule has 0 aromatic heterocycles. The van der Waals surface area contributed by atoms with Crippen LogP contribution in [-0.4, -0.2) is 16.3 Å². The van der Waals surface area contributed by atoms with Crippen LogP contribution in [0, 0.1) is 5.92 Å². The third-order valence-corrected chi connectivity index (χ3v) is 4.76. The van der Waals surface area contributed by atoms with Gasteiger partial charge in [0.1, 0.15) is 0 Å². The van der Waals surface area contributed by atoms with E-state index in [1.807, 2.05) is 18.2 Å². The number of nitrogen functional groups attached to an aromatic ring is 1. The van der Waals surface area contributed by atoms with Gasteiger partial charge in [-0.25, -0.2) is 0 Å². The SMILES string of the molecule is Nc1cc(Br)ccc1SC1CCC1C(=O)O. The summed E-state index contributed by atoms with van der Waals surface area (Å²) >= 11 is 4.92. The molecule has 0 amide bonds. The van der Waals surface area contributed by atoms with Crippen molar-refractivity contribution < 1.29 is 9.90 Å². The van der Waals surface area contributed by atoms with Crippen LogP contribution >= 0.6 is 27.7 Å². The summed E-state index contributed by atoms with van der Waals surface area (Å²) < 4.78 is 0.942. The predicted octanol–water partition coefficient (Wildman–Crippen LogP) is 2.99. The molecule has 5 heteroatoms. The van der Waals surface area contributed by atoms with Gasteiger partial charge in [-0.3, -0.25) is 4.79 Å². The van der Waals surface area contributed by atoms with Gasteiger partial charge in [0.15, 0.2) is 0 Å². The maximum Gasteiger partial charge on any atom is 0.307 e. The van der Waals surface area contributed by atoms with Crippen molar-refractivity contribution in [3.63, 3.8) is 0 Å². The van der Waals surface area contributed by atoms with Crippen LogP contribution in [0.4, 0.5) is 5.69 Å². The first-order valence-corrected chi connectivity index (χ1v) is 6.69. The van der Waals surface area contributed by atoms with Crippen molar-refractivity contribution in [1.82, 2.24) is 0 Å². The van der Waals surface area contributed by atoms with Crippen LogP contribution in [0.25, 0.3) is 0 Å². The number of carbonyl (C=O) groups is 1. The molecule has 1 fully saturated rings. The number of hydrogen-bond acceptors (Lipinski definition) is 3. The van der Waals surface area contributed by atoms with E-state index in [1.165, 1.54) is 0 Å². The summed E-state index contributed by atoms with van der Waals surface area (Å²) in [5.41, 5.74) is 6.58. The molecule has 1 aromatic carbocycles. The molecular weight excluding hydrogens is 290 g/mol. The zero-order valence-electron chi connectivity index (χ0n) is 8.52. The molecule has 0 saturated heterocycles. The molecular formula is C11H12BrNO2S. The smallest absolute Gasteiger partial charge is 0.307 e. The summed E-state index contributed by atoms with van der Waals surface area (Å²) in [5.74, 6) is -0.910. The maximum absolute atomic E-state index is 10.9. The molecule has 3 N–H and O–H groups in total. The summed E-state index contributed by atoms with van der Waals surface area (Å²) in [4.78, 5) is 11.8. The Hall–Kier alpha value is -0.680. The van der Waals surface area contributed by atoms with Gasteiger partial charge in [0, 0.05) is 20.3 Å². The van der Waals surface area contributed by atoms with Crippen LogP contribution in [0.1, 0.15) is 12.8 Å². The Morgan fingerprint density at radius 3 is 2.75 bits per heavy atom. The molecule has 1 saturated carbocycles. The number of anilines is 1. The molecule has 86 valence electrons. The summed E-state index contributed by atoms with van der Waals surface area (Å²) in [5, 5.41) is 9.11. The molecule has 0 bridgehead atoms. The summed E-state index contributed by atoms with van der Waals surface area (Å²) in [7, 11) is 0. The van der Waals surface area contributed by atoms with Crippen molar-refractivity contribution in [2.75, 3.05) is 5.73 Å². The highest BCUT2D eigenvalue weighted by atomic mass is 79.9. The summed E-state index contributed by atoms with van der Waals surface area (Å²) in [6.45, 7) is 0. The molecule has 0 aliphatic heterocycles. The second-order valence-corrected chi connectivity index (χ2v) is 6.06. The fraction of sp³-hybridized carbons (Fsp3) is 0.364. The highest BCUT2D eigenvalue weighted by Crippen LogP contribution is 2.43. The first-order chi connectivity index (χ1) is 7.58. The van der Waals surface area contributed by atoms with Gasteiger partial charge < -0.3 is 10.8 Å². The van der Waals surface area contributed by atoms with Gasteiger partial charge in [0.05, 0.1) is 5.92 Å². The van der Waals surface area contributed by atoms with Crippen molar-refractivity contribution in [3.05, 3.63) is 22.7 Å². The van der Waals surface area contributed by atoms with Gasteiger partial charge >= 0.3 is 5.97 Å². The maximum atomic E-state index is 10.9. The number of halogens is 1. The standard InChI is InChI=1S/C11H12BrNO2S/c12-6-1-3-10(8(13)5-6)16-9-4-2-7(9)11(14)15/h1,3,5,7,9H,2,4,13H2,(H,14,15). The Kier molecular flexibility index (Phi) is 3.44. The Morgan fingerprint density at radius 2 is 2.25 bits per heavy atom. The predicted molar refractivity (Wildman–Crippen MR) is 68.6 cm³/mol. The van der Waals surface area contributed by atoms with E-state index in [4.69, 9.17) is 10.8 Å². The van der Waals surface area contributed by atoms with Gasteiger partial charge in [-0.1, -0.05) is 15.9 Å². The molecule has 1 aromatic rings. The van der Waals surface area contributed by atoms with E-state index in [9.17, 15) is 4.79 Å². The second-order valence-electron chi connectivity index (χ2n) is 3.86. The van der Waals surface area contributed by atoms with Crippen LogP contribution in [0.2, 0.25) is 0 Å². The van der Waals surface area contributed by atoms with E-state index in [2.05, 4.69) is 15.9 Å². The largest absolute Gasteiger partial charge is 0.481 e. The van der Waals surface area contributed by atoms with E-state index in [1.54, 1.807) is 11.8 Å². The zero-order chi connectivity index (χ0) is 11.7. The van der Waals surface area contributed by atoms with Crippen molar-refractivity contribution >= 4 is 39.3 Å². The third-order valence-electron chi connectivity index (χ3n) is 2.78. The lowest BCUT2D eigenvalue weighted by Gasteiger charge is -2.32. The van der Waals surface area contributed by atoms with E-state index < -0.39 is 5.97 Å². The van der Waals surface area contributed by atoms with Gasteiger partial charge in [0.25, 0.3) is 0 Å². The molecule has 1 aliphatic carbocycles. The number of aliphatic carboxylic acids is 1. The van der Waals surface area contributed by atoms with E-state index in [0.29, 0.717) is 5.69 Å². The number of carboxylic acid groups (broad SMARTS) is 1. The van der Waals surface area contributed by atoms with Gasteiger partial charge in [0.2, 0.25) is 0 Å². The summed E-state index contributed by atoms with van der Waals surface area (Å²) in [6.07, 6.45) is 1.74. The molecule has 2 rings (SSSR count). The number of carboxylic acids is 1. The minimum Gasteiger partial charge on any atom is -0.481 e. The average molecular weight is 302 g/mol. The fourth-order valence-electron chi connectivity index (χ4n) is 1.68. The normalized spacial score (nSPS) is 23.8. The Labute approximate surface area is 107 Å². The summed E-state index contributed by atoms with van der Waals surface area (Å²) in [6, 6.07) is 5.70. The lowest BCUT2D eigenvalue weighted by atomic mass is 9.85. The van der Waals surface area contributed by atoms with E-state index in [-0.39, 0.29) is 11.2 Å². The average Bonchev–Trinajstić information content (AvgIpc) is 2.13. The number of hydrogen-bond donors (Lipinski definition) is 2. The highest BCUT2D eigenvalue weighted by Gasteiger charge is 2.37. The topological polar surface area (TPSA) is 63.3 Å². The third kappa shape index (κ3) is 2.35. The van der Waals surface area contributed by atoms with Crippen LogP contribution < -0.4 is 5.73 Å². The first kappa shape index (κ1) is 11.8. The molecule has 3 nitrogen and oxygen atoms in total. The number of benzene rings is 1. The van der Waals surface area contributed by atoms with E-state index in [0.717, 1.165) is 22.2 Å². The van der Waals surface area contributed by atoms with Gasteiger partial charge in [-0.05, 0) is 31.0 Å². The Morgan fingerprint density at radius 1 is 1.50 bits per heavy atom. The number of thioether (sulfide) groups is 1. The number of nitrogens with two attached hydrogens (primary N) is 1. The molecule has 0 radical (unpaired) electrons. The van der Waals surface area contributed by atoms with Crippen molar-refractivity contribution in [3.8, 4) is 0 Å². The fourth-order valence-corrected chi connectivity index (χ4v) is 3.40. The number of rotatable bonds is 3. The van der Waals surface area contributed by atoms with Crippen molar-refractivity contribution in [2.45, 2.75) is 23.0 Å². The van der Waals surface area contributed by atoms with Crippen molar-refractivity contribution in [1.29, 1.82) is 0 Å². The quantitative estimate of drug-likeness (QED) is 0.843. The monoisotopic (exact) mass is 301 g/mol. The van der Waals surface area contributed by atoms with Crippen LogP contribution in [-0.2, 0) is 4.79 Å². The minimum atomic E-state index is -0.695. The lowest BCUT2D eigenvalue weighted by Crippen LogP contribution is -2.35. The molecule has 0 spiro atoms. The van der Waals surface area contributed by atoms with Crippen LogP contribution in [0.5, 0.6) is 0 Å². The first-order valence-electron chi connectivity index (χ1n) is 5.02. The molecule has 16 heavy (non-hydrogen) atoms. The molecule has 2 unspecified atom stereocenters. The van der Waals surface area contributed by atoms with Crippen LogP contribution in [0.3, 0.4) is 0 Å². The highest BCUT2D eigenvalue weighted by molar-refractivity contribution is 9.10. The minimum absolute atomic E-state index is 0.168. The van der Waals surface area contributed by atoms with Crippen LogP contribution in [0.15, 0.2) is 27.6 Å².